The molecule has 2 nitrogen and oxygen atoms in total. The van der Waals surface area contributed by atoms with Gasteiger partial charge in [-0.25, -0.2) is 0 Å². The topological polar surface area (TPSA) is 20.3 Å². The molecule has 2 aromatic carbocycles. The van der Waals surface area contributed by atoms with Crippen molar-refractivity contribution in [3.05, 3.63) is 71.3 Å². The van der Waals surface area contributed by atoms with E-state index in [1.807, 2.05) is 62.6 Å². The highest BCUT2D eigenvalue weighted by Crippen LogP contribution is 2.21. The summed E-state index contributed by atoms with van der Waals surface area (Å²) in [6.07, 6.45) is 2.00. The van der Waals surface area contributed by atoms with Crippen LogP contribution in [0.3, 0.4) is 0 Å². The summed E-state index contributed by atoms with van der Waals surface area (Å²) >= 11 is 0. The smallest absolute Gasteiger partial charge is 0.160 e. The molecule has 21 heavy (non-hydrogen) atoms. The first kappa shape index (κ1) is 15.2. The first-order chi connectivity index (χ1) is 10.1. The van der Waals surface area contributed by atoms with Crippen molar-refractivity contribution in [1.82, 2.24) is 4.90 Å². The normalized spacial score (nSPS) is 11.7. The number of allylic oxidation sites excluding steroid dienone is 1. The van der Waals surface area contributed by atoms with E-state index in [1.54, 1.807) is 6.92 Å². The Kier molecular flexibility index (Phi) is 5.07. The molecule has 108 valence electrons. The Morgan fingerprint density at radius 1 is 1.00 bits per heavy atom. The maximum absolute atomic E-state index is 12.0. The van der Waals surface area contributed by atoms with E-state index in [-0.39, 0.29) is 5.78 Å². The van der Waals surface area contributed by atoms with Gasteiger partial charge in [-0.3, -0.25) is 4.79 Å². The van der Waals surface area contributed by atoms with Gasteiger partial charge in [0.25, 0.3) is 0 Å². The second-order valence-corrected chi connectivity index (χ2v) is 5.42. The van der Waals surface area contributed by atoms with Crippen molar-refractivity contribution in [3.8, 4) is 0 Å². The van der Waals surface area contributed by atoms with Crippen LogP contribution in [-0.4, -0.2) is 24.8 Å². The Morgan fingerprint density at radius 2 is 1.62 bits per heavy atom. The second-order valence-electron chi connectivity index (χ2n) is 5.42. The number of carbonyl (C=O) groups is 1. The van der Waals surface area contributed by atoms with Crippen LogP contribution in [0.25, 0.3) is 11.6 Å². The fraction of sp³-hybridized carbons (Fsp3) is 0.211. The van der Waals surface area contributed by atoms with Gasteiger partial charge in [0.15, 0.2) is 5.78 Å². The van der Waals surface area contributed by atoms with Gasteiger partial charge in [-0.2, -0.15) is 0 Å². The number of nitrogens with zero attached hydrogens (tertiary/aromatic N) is 1. The molecule has 0 spiro atoms. The molecule has 0 unspecified atom stereocenters. The van der Waals surface area contributed by atoms with E-state index in [0.29, 0.717) is 0 Å². The molecule has 0 heterocycles. The van der Waals surface area contributed by atoms with E-state index in [0.717, 1.165) is 23.2 Å². The van der Waals surface area contributed by atoms with Gasteiger partial charge in [0.1, 0.15) is 0 Å². The third-order valence-electron chi connectivity index (χ3n) is 3.31. The molecule has 0 N–H and O–H groups in total. The minimum atomic E-state index is 0.0841. The highest BCUT2D eigenvalue weighted by atomic mass is 16.1. The van der Waals surface area contributed by atoms with Gasteiger partial charge in [-0.1, -0.05) is 54.6 Å². The van der Waals surface area contributed by atoms with Crippen molar-refractivity contribution in [2.75, 3.05) is 14.1 Å². The standard InChI is InChI=1S/C19H21NO/c1-15(21)19(16-9-5-4-6-10-16)13-17-11-7-8-12-18(17)14-20(2)3/h4-13H,14H2,1-3H3/b19-13-. The molecule has 0 fully saturated rings. The number of benzene rings is 2. The average Bonchev–Trinajstić information content (AvgIpc) is 2.46. The molecule has 0 aliphatic carbocycles. The molecule has 0 bridgehead atoms. The summed E-state index contributed by atoms with van der Waals surface area (Å²) < 4.78 is 0. The van der Waals surface area contributed by atoms with Crippen molar-refractivity contribution in [3.63, 3.8) is 0 Å². The van der Waals surface area contributed by atoms with Gasteiger partial charge in [0.05, 0.1) is 0 Å². The molecule has 2 rings (SSSR count). The highest BCUT2D eigenvalue weighted by Gasteiger charge is 2.09. The van der Waals surface area contributed by atoms with Gasteiger partial charge < -0.3 is 4.90 Å². The fourth-order valence-corrected chi connectivity index (χ4v) is 2.32. The van der Waals surface area contributed by atoms with E-state index in [9.17, 15) is 4.79 Å². The number of Topliss-reactive ketones (excluding diaryl/α,β-unsaturated/α-hetero) is 1. The summed E-state index contributed by atoms with van der Waals surface area (Å²) in [5.74, 6) is 0.0841. The first-order valence-electron chi connectivity index (χ1n) is 7.08. The minimum absolute atomic E-state index is 0.0841. The Bertz CT molecular complexity index is 642. The van der Waals surface area contributed by atoms with Gasteiger partial charge >= 0.3 is 0 Å². The molecule has 0 radical (unpaired) electrons. The van der Waals surface area contributed by atoms with E-state index in [2.05, 4.69) is 17.0 Å². The zero-order valence-corrected chi connectivity index (χ0v) is 12.8. The van der Waals surface area contributed by atoms with Gasteiger partial charge in [0.2, 0.25) is 0 Å². The molecule has 0 aliphatic heterocycles. The maximum atomic E-state index is 12.0. The third-order valence-corrected chi connectivity index (χ3v) is 3.31. The predicted molar refractivity (Wildman–Crippen MR) is 88.8 cm³/mol. The molecule has 2 heteroatoms. The van der Waals surface area contributed by atoms with Crippen LogP contribution < -0.4 is 0 Å². The summed E-state index contributed by atoms with van der Waals surface area (Å²) in [6.45, 7) is 2.47. The number of carbonyl (C=O) groups excluding carboxylic acids is 1. The zero-order valence-electron chi connectivity index (χ0n) is 12.8. The van der Waals surface area contributed by atoms with Gasteiger partial charge in [-0.05, 0) is 43.8 Å². The molecule has 0 amide bonds. The Hall–Kier alpha value is -2.19. The summed E-state index contributed by atoms with van der Waals surface area (Å²) in [5.41, 5.74) is 4.03. The highest BCUT2D eigenvalue weighted by molar-refractivity contribution is 6.24. The van der Waals surface area contributed by atoms with Crippen molar-refractivity contribution in [2.45, 2.75) is 13.5 Å². The molecule has 0 aromatic heterocycles. The average molecular weight is 279 g/mol. The molecule has 0 saturated carbocycles. The van der Waals surface area contributed by atoms with Crippen LogP contribution >= 0.6 is 0 Å². The van der Waals surface area contributed by atoms with E-state index >= 15 is 0 Å². The summed E-state index contributed by atoms with van der Waals surface area (Å²) in [5, 5.41) is 0. The van der Waals surface area contributed by atoms with Crippen LogP contribution in [0.1, 0.15) is 23.6 Å². The molecule has 2 aromatic rings. The lowest BCUT2D eigenvalue weighted by molar-refractivity contribution is -0.111. The molecular formula is C19H21NO. The molecular weight excluding hydrogens is 258 g/mol. The Labute approximate surface area is 126 Å². The number of hydrogen-bond donors (Lipinski definition) is 0. The predicted octanol–water partition coefficient (Wildman–Crippen LogP) is 3.88. The first-order valence-corrected chi connectivity index (χ1v) is 7.08. The summed E-state index contributed by atoms with van der Waals surface area (Å²) in [6, 6.07) is 18.0. The summed E-state index contributed by atoms with van der Waals surface area (Å²) in [4.78, 5) is 14.1. The molecule has 0 aliphatic rings. The monoisotopic (exact) mass is 279 g/mol. The second kappa shape index (κ2) is 7.00. The number of ketones is 1. The van der Waals surface area contributed by atoms with E-state index in [1.165, 1.54) is 5.56 Å². The zero-order chi connectivity index (χ0) is 15.2. The minimum Gasteiger partial charge on any atom is -0.305 e. The van der Waals surface area contributed by atoms with Crippen LogP contribution in [0.15, 0.2) is 54.6 Å². The van der Waals surface area contributed by atoms with Gasteiger partial charge in [0, 0.05) is 12.1 Å². The quantitative estimate of drug-likeness (QED) is 0.611. The molecule has 0 saturated heterocycles. The van der Waals surface area contributed by atoms with Crippen molar-refractivity contribution in [1.29, 1.82) is 0 Å². The fourth-order valence-electron chi connectivity index (χ4n) is 2.32. The van der Waals surface area contributed by atoms with Crippen molar-refractivity contribution in [2.24, 2.45) is 0 Å². The van der Waals surface area contributed by atoms with Crippen LogP contribution in [0.4, 0.5) is 0 Å². The third kappa shape index (κ3) is 4.14. The lowest BCUT2D eigenvalue weighted by atomic mass is 9.97. The van der Waals surface area contributed by atoms with E-state index in [4.69, 9.17) is 0 Å². The van der Waals surface area contributed by atoms with Crippen LogP contribution in [0.2, 0.25) is 0 Å². The molecule has 0 atom stereocenters. The number of hydrogen-bond acceptors (Lipinski definition) is 2. The largest absolute Gasteiger partial charge is 0.305 e. The SMILES string of the molecule is CC(=O)/C(=C/c1ccccc1CN(C)C)c1ccccc1. The van der Waals surface area contributed by atoms with Crippen LogP contribution in [-0.2, 0) is 11.3 Å². The van der Waals surface area contributed by atoms with Crippen LogP contribution in [0, 0.1) is 0 Å². The lowest BCUT2D eigenvalue weighted by Gasteiger charge is -2.13. The maximum Gasteiger partial charge on any atom is 0.160 e. The lowest BCUT2D eigenvalue weighted by Crippen LogP contribution is -2.11. The van der Waals surface area contributed by atoms with Gasteiger partial charge in [-0.15, -0.1) is 0 Å². The Balaban J connectivity index is 2.47. The van der Waals surface area contributed by atoms with Crippen LogP contribution in [0.5, 0.6) is 0 Å². The van der Waals surface area contributed by atoms with Crippen molar-refractivity contribution < 1.29 is 4.79 Å². The Morgan fingerprint density at radius 3 is 2.24 bits per heavy atom. The van der Waals surface area contributed by atoms with E-state index < -0.39 is 0 Å². The number of rotatable bonds is 5. The van der Waals surface area contributed by atoms with Crippen molar-refractivity contribution >= 4 is 17.4 Å². The summed E-state index contributed by atoms with van der Waals surface area (Å²) in [7, 11) is 4.09.